The largest absolute Gasteiger partial charge is 0.384 e. The van der Waals surface area contributed by atoms with Gasteiger partial charge in [0.1, 0.15) is 6.54 Å². The summed E-state index contributed by atoms with van der Waals surface area (Å²) in [6.45, 7) is 5.03. The molecule has 0 radical (unpaired) electrons. The normalized spacial score (nSPS) is 15.1. The summed E-state index contributed by atoms with van der Waals surface area (Å²) in [5.41, 5.74) is 0. The summed E-state index contributed by atoms with van der Waals surface area (Å²) < 4.78 is 4.97. The Kier molecular flexibility index (Phi) is 14.3. The van der Waals surface area contributed by atoms with Crippen molar-refractivity contribution in [1.29, 1.82) is 0 Å². The number of aliphatic imine (C=N–C) groups is 1. The number of halogens is 1. The highest BCUT2D eigenvalue weighted by Crippen LogP contribution is 2.11. The zero-order valence-electron chi connectivity index (χ0n) is 17.1. The maximum atomic E-state index is 12.0. The maximum Gasteiger partial charge on any atom is 0.243 e. The van der Waals surface area contributed by atoms with Gasteiger partial charge in [-0.15, -0.1) is 24.0 Å². The monoisotopic (exact) mass is 497 g/mol. The van der Waals surface area contributed by atoms with Gasteiger partial charge in [0.15, 0.2) is 5.96 Å². The van der Waals surface area contributed by atoms with Crippen LogP contribution in [-0.4, -0.2) is 87.6 Å². The first kappa shape index (κ1) is 25.9. The Morgan fingerprint density at radius 3 is 2.48 bits per heavy atom. The number of carbonyl (C=O) groups is 2. The predicted octanol–water partition coefficient (Wildman–Crippen LogP) is 1.06. The van der Waals surface area contributed by atoms with Crippen molar-refractivity contribution in [2.75, 3.05) is 54.0 Å². The molecule has 1 saturated heterocycles. The average molecular weight is 497 g/mol. The molecule has 27 heavy (non-hydrogen) atoms. The number of nitrogens with zero attached hydrogens (tertiary/aromatic N) is 3. The SMILES string of the molecule is CCCCNC(=NCC(=O)N(C)C)NC1CCN(C(=O)CCOC)CC1.I. The topological polar surface area (TPSA) is 86.3 Å². The van der Waals surface area contributed by atoms with Crippen molar-refractivity contribution in [2.24, 2.45) is 4.99 Å². The number of methoxy groups -OCH3 is 1. The number of rotatable bonds is 9. The molecule has 158 valence electrons. The first-order valence-electron chi connectivity index (χ1n) is 9.49. The second-order valence-corrected chi connectivity index (χ2v) is 6.78. The van der Waals surface area contributed by atoms with Crippen LogP contribution in [-0.2, 0) is 14.3 Å². The van der Waals surface area contributed by atoms with Gasteiger partial charge >= 0.3 is 0 Å². The molecule has 0 aromatic carbocycles. The Labute approximate surface area is 180 Å². The quantitative estimate of drug-likeness (QED) is 0.215. The lowest BCUT2D eigenvalue weighted by molar-refractivity contribution is -0.133. The summed E-state index contributed by atoms with van der Waals surface area (Å²) in [4.78, 5) is 31.7. The molecule has 1 heterocycles. The van der Waals surface area contributed by atoms with Gasteiger partial charge in [-0.2, -0.15) is 0 Å². The highest BCUT2D eigenvalue weighted by atomic mass is 127. The van der Waals surface area contributed by atoms with Crippen LogP contribution in [0.15, 0.2) is 4.99 Å². The van der Waals surface area contributed by atoms with Crippen LogP contribution in [0, 0.1) is 0 Å². The number of hydrogen-bond donors (Lipinski definition) is 2. The third-order valence-electron chi connectivity index (χ3n) is 4.40. The van der Waals surface area contributed by atoms with E-state index in [0.29, 0.717) is 19.0 Å². The number of ether oxygens (including phenoxy) is 1. The number of likely N-dealkylation sites (N-methyl/N-ethyl adjacent to an activating group) is 1. The minimum atomic E-state index is -0.0276. The molecule has 1 rings (SSSR count). The smallest absolute Gasteiger partial charge is 0.243 e. The minimum absolute atomic E-state index is 0. The molecular weight excluding hydrogens is 461 g/mol. The Balaban J connectivity index is 0.00000676. The summed E-state index contributed by atoms with van der Waals surface area (Å²) in [6.07, 6.45) is 4.32. The van der Waals surface area contributed by atoms with Gasteiger partial charge < -0.3 is 25.2 Å². The van der Waals surface area contributed by atoms with Crippen LogP contribution in [0.2, 0.25) is 0 Å². The highest BCUT2D eigenvalue weighted by molar-refractivity contribution is 14.0. The van der Waals surface area contributed by atoms with Gasteiger partial charge in [-0.25, -0.2) is 4.99 Å². The van der Waals surface area contributed by atoms with E-state index < -0.39 is 0 Å². The van der Waals surface area contributed by atoms with Gasteiger partial charge in [0, 0.05) is 46.9 Å². The van der Waals surface area contributed by atoms with E-state index in [1.807, 2.05) is 4.90 Å². The van der Waals surface area contributed by atoms with E-state index in [1.165, 1.54) is 4.90 Å². The van der Waals surface area contributed by atoms with E-state index in [9.17, 15) is 9.59 Å². The van der Waals surface area contributed by atoms with Gasteiger partial charge in [0.2, 0.25) is 11.8 Å². The number of unbranched alkanes of at least 4 members (excludes halogenated alkanes) is 1. The van der Waals surface area contributed by atoms with Crippen LogP contribution in [0.3, 0.4) is 0 Å². The number of hydrogen-bond acceptors (Lipinski definition) is 4. The summed E-state index contributed by atoms with van der Waals surface area (Å²) in [7, 11) is 5.06. The molecule has 8 nitrogen and oxygen atoms in total. The van der Waals surface area contributed by atoms with E-state index in [1.54, 1.807) is 21.2 Å². The van der Waals surface area contributed by atoms with Gasteiger partial charge in [-0.3, -0.25) is 9.59 Å². The lowest BCUT2D eigenvalue weighted by atomic mass is 10.0. The van der Waals surface area contributed by atoms with E-state index in [2.05, 4.69) is 22.5 Å². The Hall–Kier alpha value is -1.10. The minimum Gasteiger partial charge on any atom is -0.384 e. The molecule has 0 atom stereocenters. The molecule has 0 spiro atoms. The molecule has 1 fully saturated rings. The molecule has 2 amide bonds. The van der Waals surface area contributed by atoms with Crippen LogP contribution in [0.1, 0.15) is 39.0 Å². The predicted molar refractivity (Wildman–Crippen MR) is 119 cm³/mol. The van der Waals surface area contributed by atoms with E-state index >= 15 is 0 Å². The number of carbonyl (C=O) groups excluding carboxylic acids is 2. The lowest BCUT2D eigenvalue weighted by Crippen LogP contribution is -2.50. The van der Waals surface area contributed by atoms with Gasteiger partial charge in [0.05, 0.1) is 13.0 Å². The molecule has 0 aromatic rings. The lowest BCUT2D eigenvalue weighted by Gasteiger charge is -2.33. The second-order valence-electron chi connectivity index (χ2n) is 6.78. The van der Waals surface area contributed by atoms with Gasteiger partial charge in [-0.1, -0.05) is 13.3 Å². The summed E-state index contributed by atoms with van der Waals surface area (Å²) in [5.74, 6) is 0.801. The third-order valence-corrected chi connectivity index (χ3v) is 4.40. The molecule has 0 saturated carbocycles. The summed E-state index contributed by atoms with van der Waals surface area (Å²) >= 11 is 0. The van der Waals surface area contributed by atoms with Crippen molar-refractivity contribution in [1.82, 2.24) is 20.4 Å². The molecule has 0 aliphatic carbocycles. The number of likely N-dealkylation sites (tertiary alicyclic amines) is 1. The van der Waals surface area contributed by atoms with Crippen LogP contribution in [0.5, 0.6) is 0 Å². The molecule has 1 aliphatic rings. The zero-order chi connectivity index (χ0) is 19.4. The molecule has 0 unspecified atom stereocenters. The van der Waals surface area contributed by atoms with Crippen LogP contribution < -0.4 is 10.6 Å². The van der Waals surface area contributed by atoms with E-state index in [4.69, 9.17) is 4.74 Å². The van der Waals surface area contributed by atoms with Crippen molar-refractivity contribution in [3.63, 3.8) is 0 Å². The summed E-state index contributed by atoms with van der Waals surface area (Å²) in [5, 5.41) is 6.71. The Morgan fingerprint density at radius 2 is 1.93 bits per heavy atom. The maximum absolute atomic E-state index is 12.0. The second kappa shape index (κ2) is 14.9. The molecular formula is C18H36IN5O3. The molecule has 0 bridgehead atoms. The Morgan fingerprint density at radius 1 is 1.26 bits per heavy atom. The van der Waals surface area contributed by atoms with E-state index in [-0.39, 0.29) is 48.4 Å². The zero-order valence-corrected chi connectivity index (χ0v) is 19.5. The first-order chi connectivity index (χ1) is 12.5. The summed E-state index contributed by atoms with van der Waals surface area (Å²) in [6, 6.07) is 0.254. The third kappa shape index (κ3) is 10.7. The van der Waals surface area contributed by atoms with Crippen LogP contribution in [0.4, 0.5) is 0 Å². The first-order valence-corrected chi connectivity index (χ1v) is 9.49. The van der Waals surface area contributed by atoms with E-state index in [0.717, 1.165) is 45.3 Å². The fourth-order valence-electron chi connectivity index (χ4n) is 2.64. The molecule has 2 N–H and O–H groups in total. The van der Waals surface area contributed by atoms with Crippen molar-refractivity contribution < 1.29 is 14.3 Å². The van der Waals surface area contributed by atoms with Crippen LogP contribution >= 0.6 is 24.0 Å². The van der Waals surface area contributed by atoms with Crippen molar-refractivity contribution in [3.05, 3.63) is 0 Å². The highest BCUT2D eigenvalue weighted by Gasteiger charge is 2.23. The average Bonchev–Trinajstić information content (AvgIpc) is 2.64. The fraction of sp³-hybridized carbons (Fsp3) is 0.833. The number of guanidine groups is 1. The van der Waals surface area contributed by atoms with Crippen LogP contribution in [0.25, 0.3) is 0 Å². The molecule has 9 heteroatoms. The fourth-order valence-corrected chi connectivity index (χ4v) is 2.64. The standard InChI is InChI=1S/C18H35N5O3.HI/c1-5-6-10-19-18(20-14-17(25)22(2)3)21-15-7-11-23(12-8-15)16(24)9-13-26-4;/h15H,5-14H2,1-4H3,(H2,19,20,21);1H. The Bertz CT molecular complexity index is 466. The molecule has 0 aromatic heterocycles. The number of amides is 2. The number of nitrogens with one attached hydrogen (secondary N) is 2. The van der Waals surface area contributed by atoms with Crippen molar-refractivity contribution >= 4 is 41.8 Å². The van der Waals surface area contributed by atoms with Crippen molar-refractivity contribution in [3.8, 4) is 0 Å². The van der Waals surface area contributed by atoms with Gasteiger partial charge in [-0.05, 0) is 19.3 Å². The number of piperidine rings is 1. The molecule has 1 aliphatic heterocycles. The van der Waals surface area contributed by atoms with Crippen molar-refractivity contribution in [2.45, 2.75) is 45.1 Å². The van der Waals surface area contributed by atoms with Gasteiger partial charge in [0.25, 0.3) is 0 Å².